The monoisotopic (exact) mass is 263 g/mol. The van der Waals surface area contributed by atoms with Crippen molar-refractivity contribution in [1.29, 1.82) is 0 Å². The molecule has 2 heterocycles. The zero-order valence-corrected chi connectivity index (χ0v) is 10.6. The van der Waals surface area contributed by atoms with Crippen molar-refractivity contribution < 1.29 is 9.84 Å². The number of nitrogens with zero attached hydrogens (tertiary/aromatic N) is 1. The Morgan fingerprint density at radius 1 is 1.33 bits per heavy atom. The van der Waals surface area contributed by atoms with Crippen LogP contribution in [0.4, 0.5) is 0 Å². The first-order valence-electron chi connectivity index (χ1n) is 6.08. The van der Waals surface area contributed by atoms with E-state index in [9.17, 15) is 5.11 Å². The van der Waals surface area contributed by atoms with Crippen molar-refractivity contribution >= 4 is 22.5 Å². The highest BCUT2D eigenvalue weighted by molar-refractivity contribution is 6.35. The number of aromatic nitrogens is 1. The topological polar surface area (TPSA) is 42.4 Å². The lowest BCUT2D eigenvalue weighted by Gasteiger charge is -2.27. The molecule has 0 spiro atoms. The second kappa shape index (κ2) is 4.84. The van der Waals surface area contributed by atoms with Crippen LogP contribution < -0.4 is 0 Å². The molecular formula is C14H14ClNO2. The zero-order chi connectivity index (χ0) is 12.5. The first kappa shape index (κ1) is 11.9. The highest BCUT2D eigenvalue weighted by atomic mass is 35.5. The van der Waals surface area contributed by atoms with Crippen LogP contribution in [0, 0.1) is 0 Å². The van der Waals surface area contributed by atoms with Gasteiger partial charge in [0.25, 0.3) is 0 Å². The molecule has 94 valence electrons. The molecule has 1 aliphatic heterocycles. The van der Waals surface area contributed by atoms with Gasteiger partial charge in [0.15, 0.2) is 0 Å². The molecule has 2 atom stereocenters. The third-order valence-electron chi connectivity index (χ3n) is 3.35. The number of ether oxygens (including phenoxy) is 1. The van der Waals surface area contributed by atoms with Crippen LogP contribution in [0.15, 0.2) is 30.5 Å². The van der Waals surface area contributed by atoms with Gasteiger partial charge in [0.1, 0.15) is 0 Å². The van der Waals surface area contributed by atoms with Crippen LogP contribution in [0.5, 0.6) is 0 Å². The molecule has 3 nitrogen and oxygen atoms in total. The lowest BCUT2D eigenvalue weighted by Crippen LogP contribution is -2.23. The minimum atomic E-state index is -0.293. The summed E-state index contributed by atoms with van der Waals surface area (Å²) in [5.74, 6) is 0. The lowest BCUT2D eigenvalue weighted by molar-refractivity contribution is -0.0442. The number of halogens is 1. The van der Waals surface area contributed by atoms with E-state index in [-0.39, 0.29) is 12.2 Å². The third kappa shape index (κ3) is 2.09. The maximum Gasteiger partial charge on any atom is 0.0870 e. The van der Waals surface area contributed by atoms with Crippen LogP contribution in [-0.2, 0) is 4.74 Å². The fourth-order valence-corrected chi connectivity index (χ4v) is 2.63. The molecule has 0 bridgehead atoms. The summed E-state index contributed by atoms with van der Waals surface area (Å²) in [6, 6.07) is 7.63. The Labute approximate surface area is 110 Å². The average Bonchev–Trinajstić information content (AvgIpc) is 2.39. The molecule has 1 saturated heterocycles. The molecule has 2 unspecified atom stereocenters. The van der Waals surface area contributed by atoms with Gasteiger partial charge in [-0.25, -0.2) is 0 Å². The first-order chi connectivity index (χ1) is 8.75. The van der Waals surface area contributed by atoms with Gasteiger partial charge in [-0.05, 0) is 24.6 Å². The van der Waals surface area contributed by atoms with Crippen LogP contribution in [-0.4, -0.2) is 22.8 Å². The van der Waals surface area contributed by atoms with Gasteiger partial charge in [-0.15, -0.1) is 0 Å². The second-order valence-electron chi connectivity index (χ2n) is 4.57. The van der Waals surface area contributed by atoms with Gasteiger partial charge in [0.2, 0.25) is 0 Å². The Morgan fingerprint density at radius 2 is 2.22 bits per heavy atom. The van der Waals surface area contributed by atoms with E-state index in [1.54, 1.807) is 6.20 Å². The van der Waals surface area contributed by atoms with Crippen molar-refractivity contribution in [3.63, 3.8) is 0 Å². The number of aliphatic hydroxyl groups is 1. The molecule has 1 N–H and O–H groups in total. The Bertz CT molecular complexity index is 573. The normalized spacial score (nSPS) is 24.3. The largest absolute Gasteiger partial charge is 0.393 e. The molecule has 0 saturated carbocycles. The van der Waals surface area contributed by atoms with Crippen molar-refractivity contribution in [2.45, 2.75) is 25.0 Å². The highest BCUT2D eigenvalue weighted by Crippen LogP contribution is 2.34. The van der Waals surface area contributed by atoms with Crippen molar-refractivity contribution in [3.05, 3.63) is 41.0 Å². The zero-order valence-electron chi connectivity index (χ0n) is 9.84. The minimum Gasteiger partial charge on any atom is -0.393 e. The number of pyridine rings is 1. The Hall–Kier alpha value is -1.16. The van der Waals surface area contributed by atoms with E-state index in [0.29, 0.717) is 24.5 Å². The summed E-state index contributed by atoms with van der Waals surface area (Å²) in [6.07, 6.45) is 2.69. The fraction of sp³-hybridized carbons (Fsp3) is 0.357. The van der Waals surface area contributed by atoms with Gasteiger partial charge in [0.05, 0.1) is 17.7 Å². The summed E-state index contributed by atoms with van der Waals surface area (Å²) in [4.78, 5) is 4.40. The maximum atomic E-state index is 9.74. The summed E-state index contributed by atoms with van der Waals surface area (Å²) < 4.78 is 5.74. The van der Waals surface area contributed by atoms with E-state index < -0.39 is 0 Å². The van der Waals surface area contributed by atoms with Gasteiger partial charge in [-0.3, -0.25) is 4.98 Å². The average molecular weight is 264 g/mol. The quantitative estimate of drug-likeness (QED) is 0.860. The van der Waals surface area contributed by atoms with Crippen LogP contribution in [0.1, 0.15) is 24.5 Å². The van der Waals surface area contributed by atoms with E-state index in [4.69, 9.17) is 16.3 Å². The molecule has 18 heavy (non-hydrogen) atoms. The van der Waals surface area contributed by atoms with Gasteiger partial charge >= 0.3 is 0 Å². The molecule has 2 aromatic rings. The van der Waals surface area contributed by atoms with Crippen LogP contribution >= 0.6 is 11.6 Å². The Kier molecular flexibility index (Phi) is 3.20. The van der Waals surface area contributed by atoms with E-state index in [2.05, 4.69) is 4.98 Å². The van der Waals surface area contributed by atoms with Crippen molar-refractivity contribution in [2.24, 2.45) is 0 Å². The number of aliphatic hydroxyl groups excluding tert-OH is 1. The van der Waals surface area contributed by atoms with E-state index in [1.807, 2.05) is 24.3 Å². The van der Waals surface area contributed by atoms with Gasteiger partial charge in [-0.2, -0.15) is 0 Å². The number of benzene rings is 1. The van der Waals surface area contributed by atoms with E-state index in [1.165, 1.54) is 0 Å². The molecule has 3 rings (SSSR count). The lowest BCUT2D eigenvalue weighted by atomic mass is 9.97. The summed E-state index contributed by atoms with van der Waals surface area (Å²) in [5.41, 5.74) is 1.87. The number of hydrogen-bond donors (Lipinski definition) is 1. The Morgan fingerprint density at radius 3 is 3.06 bits per heavy atom. The molecule has 4 heteroatoms. The number of hydrogen-bond acceptors (Lipinski definition) is 3. The smallest absolute Gasteiger partial charge is 0.0870 e. The van der Waals surface area contributed by atoms with Crippen LogP contribution in [0.3, 0.4) is 0 Å². The predicted molar refractivity (Wildman–Crippen MR) is 70.7 cm³/mol. The summed E-state index contributed by atoms with van der Waals surface area (Å²) in [5, 5.41) is 11.4. The van der Waals surface area contributed by atoms with E-state index in [0.717, 1.165) is 16.5 Å². The maximum absolute atomic E-state index is 9.74. The summed E-state index contributed by atoms with van der Waals surface area (Å²) >= 11 is 6.17. The Balaban J connectivity index is 2.09. The molecule has 1 aromatic heterocycles. The molecule has 1 fully saturated rings. The molecule has 0 radical (unpaired) electrons. The van der Waals surface area contributed by atoms with Gasteiger partial charge in [0, 0.05) is 35.2 Å². The number of rotatable bonds is 1. The second-order valence-corrected chi connectivity index (χ2v) is 4.98. The van der Waals surface area contributed by atoms with Crippen molar-refractivity contribution in [3.8, 4) is 0 Å². The SMILES string of the molecule is OC1CCOC(c2ccc(Cl)c3cccnc23)C1. The standard InChI is InChI=1S/C14H14ClNO2/c15-12-4-3-11(13-8-9(17)5-7-18-13)14-10(12)2-1-6-16-14/h1-4,6,9,13,17H,5,7-8H2. The molecule has 1 aromatic carbocycles. The minimum absolute atomic E-state index is 0.0941. The first-order valence-corrected chi connectivity index (χ1v) is 6.46. The molecule has 0 amide bonds. The van der Waals surface area contributed by atoms with Gasteiger partial charge < -0.3 is 9.84 Å². The number of fused-ring (bicyclic) bond motifs is 1. The summed E-state index contributed by atoms with van der Waals surface area (Å²) in [7, 11) is 0. The van der Waals surface area contributed by atoms with Crippen molar-refractivity contribution in [2.75, 3.05) is 6.61 Å². The molecule has 1 aliphatic rings. The fourth-order valence-electron chi connectivity index (χ4n) is 2.42. The summed E-state index contributed by atoms with van der Waals surface area (Å²) in [6.45, 7) is 0.586. The molecule has 0 aliphatic carbocycles. The highest BCUT2D eigenvalue weighted by Gasteiger charge is 2.24. The van der Waals surface area contributed by atoms with Crippen LogP contribution in [0.25, 0.3) is 10.9 Å². The van der Waals surface area contributed by atoms with E-state index >= 15 is 0 Å². The van der Waals surface area contributed by atoms with Crippen molar-refractivity contribution in [1.82, 2.24) is 4.98 Å². The van der Waals surface area contributed by atoms with Crippen LogP contribution in [0.2, 0.25) is 5.02 Å². The predicted octanol–water partition coefficient (Wildman–Crippen LogP) is 3.10. The third-order valence-corrected chi connectivity index (χ3v) is 3.68. The molecular weight excluding hydrogens is 250 g/mol. The van der Waals surface area contributed by atoms with Gasteiger partial charge in [-0.1, -0.05) is 17.7 Å².